The third kappa shape index (κ3) is 3.69. The molecule has 172 valence electrons. The summed E-state index contributed by atoms with van der Waals surface area (Å²) in [4.78, 5) is 16.7. The molecule has 1 N–H and O–H groups in total. The molecule has 0 bridgehead atoms. The number of carbonyl (C=O) groups is 1. The second-order valence-corrected chi connectivity index (χ2v) is 9.30. The van der Waals surface area contributed by atoms with Gasteiger partial charge in [0.25, 0.3) is 0 Å². The van der Waals surface area contributed by atoms with Crippen LogP contribution in [0.1, 0.15) is 39.4 Å². The molecule has 1 saturated heterocycles. The standard InChI is InChI=1S/C32H28N2O/c35-31(26-17-9-3-10-18-26)29-28(24-13-5-1-6-14-24)23-32(27-19-11-4-12-20-27)33-21-22-34(32)30(29)25-15-7-2-8-16-25/h1-20,28,33H,21-23H2/t28-,32+/m1/s1. The number of carbonyl (C=O) groups excluding carboxylic acids is 1. The SMILES string of the molecule is O=C(C1=C(c2ccccc2)N2CCN[C@@]2(c2ccccc2)C[C@@H]1c1ccccc1)c1ccccc1. The van der Waals surface area contributed by atoms with Gasteiger partial charge >= 0.3 is 0 Å². The Hall–Kier alpha value is -3.95. The molecule has 4 aromatic rings. The topological polar surface area (TPSA) is 32.3 Å². The van der Waals surface area contributed by atoms with Crippen molar-refractivity contribution in [2.24, 2.45) is 0 Å². The molecule has 0 radical (unpaired) electrons. The van der Waals surface area contributed by atoms with E-state index in [4.69, 9.17) is 0 Å². The molecule has 0 amide bonds. The van der Waals surface area contributed by atoms with Crippen molar-refractivity contribution in [3.05, 3.63) is 149 Å². The summed E-state index contributed by atoms with van der Waals surface area (Å²) in [5.74, 6) is 0.0491. The lowest BCUT2D eigenvalue weighted by Gasteiger charge is -2.49. The van der Waals surface area contributed by atoms with Crippen molar-refractivity contribution >= 4 is 11.5 Å². The molecule has 1 fully saturated rings. The Morgan fingerprint density at radius 3 is 1.97 bits per heavy atom. The number of nitrogens with zero attached hydrogens (tertiary/aromatic N) is 1. The third-order valence-corrected chi connectivity index (χ3v) is 7.37. The van der Waals surface area contributed by atoms with E-state index < -0.39 is 0 Å². The molecule has 4 aromatic carbocycles. The van der Waals surface area contributed by atoms with E-state index in [2.05, 4.69) is 89.1 Å². The highest BCUT2D eigenvalue weighted by Crippen LogP contribution is 2.52. The molecule has 3 nitrogen and oxygen atoms in total. The average Bonchev–Trinajstić information content (AvgIpc) is 3.38. The van der Waals surface area contributed by atoms with Crippen LogP contribution in [0.2, 0.25) is 0 Å². The fraction of sp³-hybridized carbons (Fsp3) is 0.156. The summed E-state index contributed by atoms with van der Waals surface area (Å²) < 4.78 is 0. The van der Waals surface area contributed by atoms with Crippen LogP contribution in [0.4, 0.5) is 0 Å². The van der Waals surface area contributed by atoms with Crippen molar-refractivity contribution in [2.75, 3.05) is 13.1 Å². The maximum atomic E-state index is 14.3. The number of benzene rings is 4. The Morgan fingerprint density at radius 2 is 1.31 bits per heavy atom. The monoisotopic (exact) mass is 456 g/mol. The van der Waals surface area contributed by atoms with Crippen LogP contribution in [0.5, 0.6) is 0 Å². The minimum atomic E-state index is -0.382. The normalized spacial score (nSPS) is 21.6. The number of rotatable bonds is 5. The molecule has 35 heavy (non-hydrogen) atoms. The zero-order valence-corrected chi connectivity index (χ0v) is 19.6. The molecule has 0 saturated carbocycles. The van der Waals surface area contributed by atoms with Gasteiger partial charge in [0.05, 0.1) is 5.70 Å². The molecule has 0 unspecified atom stereocenters. The lowest BCUT2D eigenvalue weighted by Crippen LogP contribution is -2.52. The maximum absolute atomic E-state index is 14.3. The van der Waals surface area contributed by atoms with Gasteiger partial charge in [0.2, 0.25) is 0 Å². The van der Waals surface area contributed by atoms with Crippen molar-refractivity contribution in [1.29, 1.82) is 0 Å². The first-order chi connectivity index (χ1) is 17.3. The van der Waals surface area contributed by atoms with Crippen LogP contribution in [-0.4, -0.2) is 23.8 Å². The summed E-state index contributed by atoms with van der Waals surface area (Å²) in [6, 6.07) is 41.4. The van der Waals surface area contributed by atoms with Crippen molar-refractivity contribution in [3.63, 3.8) is 0 Å². The van der Waals surface area contributed by atoms with Gasteiger partial charge in [-0.1, -0.05) is 121 Å². The van der Waals surface area contributed by atoms with E-state index in [1.165, 1.54) is 11.1 Å². The highest BCUT2D eigenvalue weighted by molar-refractivity contribution is 6.14. The van der Waals surface area contributed by atoms with Gasteiger partial charge in [0, 0.05) is 30.1 Å². The van der Waals surface area contributed by atoms with Gasteiger partial charge in [-0.3, -0.25) is 10.1 Å². The lowest BCUT2D eigenvalue weighted by atomic mass is 9.73. The van der Waals surface area contributed by atoms with E-state index in [9.17, 15) is 4.79 Å². The third-order valence-electron chi connectivity index (χ3n) is 7.37. The van der Waals surface area contributed by atoms with Crippen LogP contribution in [-0.2, 0) is 5.66 Å². The molecule has 2 aliphatic heterocycles. The molecule has 2 heterocycles. The van der Waals surface area contributed by atoms with Crippen molar-refractivity contribution < 1.29 is 4.79 Å². The van der Waals surface area contributed by atoms with Crippen molar-refractivity contribution in [2.45, 2.75) is 18.0 Å². The smallest absolute Gasteiger partial charge is 0.191 e. The zero-order chi connectivity index (χ0) is 23.7. The number of hydrogen-bond donors (Lipinski definition) is 1. The predicted octanol–water partition coefficient (Wildman–Crippen LogP) is 6.23. The fourth-order valence-corrected chi connectivity index (χ4v) is 5.83. The van der Waals surface area contributed by atoms with Crippen molar-refractivity contribution in [1.82, 2.24) is 10.2 Å². The zero-order valence-electron chi connectivity index (χ0n) is 19.6. The summed E-state index contributed by atoms with van der Waals surface area (Å²) in [6.45, 7) is 1.70. The first-order valence-corrected chi connectivity index (χ1v) is 12.3. The van der Waals surface area contributed by atoms with E-state index in [1.807, 2.05) is 42.5 Å². The van der Waals surface area contributed by atoms with Crippen LogP contribution < -0.4 is 5.32 Å². The fourth-order valence-electron chi connectivity index (χ4n) is 5.83. The second-order valence-electron chi connectivity index (χ2n) is 9.30. The largest absolute Gasteiger partial charge is 0.347 e. The van der Waals surface area contributed by atoms with Gasteiger partial charge in [-0.2, -0.15) is 0 Å². The molecule has 3 heteroatoms. The van der Waals surface area contributed by atoms with Crippen LogP contribution >= 0.6 is 0 Å². The Balaban J connectivity index is 1.66. The number of fused-ring (bicyclic) bond motifs is 1. The minimum absolute atomic E-state index is 0.0545. The Bertz CT molecular complexity index is 1350. The molecule has 6 rings (SSSR count). The Morgan fingerprint density at radius 1 is 0.743 bits per heavy atom. The molecule has 0 spiro atoms. The lowest BCUT2D eigenvalue weighted by molar-refractivity contribution is 0.0988. The molecule has 0 aromatic heterocycles. The first-order valence-electron chi connectivity index (χ1n) is 12.3. The highest BCUT2D eigenvalue weighted by atomic mass is 16.1. The summed E-state index contributed by atoms with van der Waals surface area (Å²) in [7, 11) is 0. The Labute approximate surface area is 206 Å². The number of allylic oxidation sites excluding steroid dienone is 1. The van der Waals surface area contributed by atoms with Gasteiger partial charge in [0.1, 0.15) is 5.66 Å². The number of ketones is 1. The van der Waals surface area contributed by atoms with Gasteiger partial charge in [-0.05, 0) is 23.1 Å². The molecular weight excluding hydrogens is 428 g/mol. The van der Waals surface area contributed by atoms with Crippen molar-refractivity contribution in [3.8, 4) is 0 Å². The second kappa shape index (κ2) is 9.01. The van der Waals surface area contributed by atoms with E-state index >= 15 is 0 Å². The van der Waals surface area contributed by atoms with Crippen LogP contribution in [0.3, 0.4) is 0 Å². The average molecular weight is 457 g/mol. The van der Waals surface area contributed by atoms with Crippen LogP contribution in [0.25, 0.3) is 5.70 Å². The van der Waals surface area contributed by atoms with Crippen LogP contribution in [0, 0.1) is 0 Å². The summed E-state index contributed by atoms with van der Waals surface area (Å²) >= 11 is 0. The van der Waals surface area contributed by atoms with Crippen LogP contribution in [0.15, 0.2) is 127 Å². The Kier molecular flexibility index (Phi) is 5.55. The minimum Gasteiger partial charge on any atom is -0.347 e. The summed E-state index contributed by atoms with van der Waals surface area (Å²) in [5.41, 5.74) is 5.75. The van der Waals surface area contributed by atoms with E-state index in [0.29, 0.717) is 0 Å². The maximum Gasteiger partial charge on any atom is 0.191 e. The molecular formula is C32H28N2O. The number of Topliss-reactive ketones (excluding diaryl/α,β-unsaturated/α-hetero) is 1. The number of nitrogens with one attached hydrogen (secondary N) is 1. The highest BCUT2D eigenvalue weighted by Gasteiger charge is 2.51. The summed E-state index contributed by atoms with van der Waals surface area (Å²) in [6.07, 6.45) is 0.783. The first kappa shape index (κ1) is 21.6. The van der Waals surface area contributed by atoms with Gasteiger partial charge in [-0.25, -0.2) is 0 Å². The molecule has 2 aliphatic rings. The quantitative estimate of drug-likeness (QED) is 0.362. The predicted molar refractivity (Wildman–Crippen MR) is 141 cm³/mol. The van der Waals surface area contributed by atoms with E-state index in [-0.39, 0.29) is 17.4 Å². The summed E-state index contributed by atoms with van der Waals surface area (Å²) in [5, 5.41) is 3.87. The molecule has 0 aliphatic carbocycles. The molecule has 2 atom stereocenters. The van der Waals surface area contributed by atoms with E-state index in [1.54, 1.807) is 0 Å². The van der Waals surface area contributed by atoms with Gasteiger partial charge in [0.15, 0.2) is 5.78 Å². The van der Waals surface area contributed by atoms with Gasteiger partial charge < -0.3 is 4.90 Å². The van der Waals surface area contributed by atoms with E-state index in [0.717, 1.165) is 41.9 Å². The van der Waals surface area contributed by atoms with Gasteiger partial charge in [-0.15, -0.1) is 0 Å². The number of hydrogen-bond acceptors (Lipinski definition) is 3.